The van der Waals surface area contributed by atoms with Crippen LogP contribution >= 0.6 is 0 Å². The highest BCUT2D eigenvalue weighted by atomic mass is 15.0. The predicted molar refractivity (Wildman–Crippen MR) is 44.2 cm³/mol. The third kappa shape index (κ3) is 2.27. The molecule has 0 saturated carbocycles. The first-order valence-corrected chi connectivity index (χ1v) is 4.29. The standard InChI is InChI=1S/C8H18N2/c1-3-8-6-10-7(2)4-5-9-8/h7-10H,3-6H2,1-2H3. The summed E-state index contributed by atoms with van der Waals surface area (Å²) in [5.41, 5.74) is 0. The van der Waals surface area contributed by atoms with Gasteiger partial charge in [-0.05, 0) is 26.3 Å². The molecule has 10 heavy (non-hydrogen) atoms. The number of hydrogen-bond acceptors (Lipinski definition) is 2. The molecule has 2 heteroatoms. The molecule has 1 aliphatic rings. The Balaban J connectivity index is 2.26. The van der Waals surface area contributed by atoms with Crippen molar-refractivity contribution in [2.45, 2.75) is 38.8 Å². The van der Waals surface area contributed by atoms with Gasteiger partial charge in [0.1, 0.15) is 0 Å². The van der Waals surface area contributed by atoms with Gasteiger partial charge in [0.15, 0.2) is 0 Å². The van der Waals surface area contributed by atoms with E-state index in [-0.39, 0.29) is 0 Å². The Morgan fingerprint density at radius 1 is 1.40 bits per heavy atom. The van der Waals surface area contributed by atoms with Crippen LogP contribution in [-0.2, 0) is 0 Å². The molecule has 1 aliphatic heterocycles. The highest BCUT2D eigenvalue weighted by molar-refractivity contribution is 4.75. The van der Waals surface area contributed by atoms with Crippen LogP contribution < -0.4 is 10.6 Å². The molecular weight excluding hydrogens is 124 g/mol. The molecule has 0 spiro atoms. The number of nitrogens with one attached hydrogen (secondary N) is 2. The molecule has 0 amide bonds. The molecule has 1 rings (SSSR count). The molecule has 0 aromatic carbocycles. The summed E-state index contributed by atoms with van der Waals surface area (Å²) in [6.45, 7) is 6.79. The Bertz CT molecular complexity index is 93.3. The Kier molecular flexibility index (Phi) is 3.16. The molecule has 1 saturated heterocycles. The largest absolute Gasteiger partial charge is 0.313 e. The lowest BCUT2D eigenvalue weighted by Gasteiger charge is -2.12. The molecule has 0 aromatic heterocycles. The van der Waals surface area contributed by atoms with Gasteiger partial charge >= 0.3 is 0 Å². The second-order valence-corrected chi connectivity index (χ2v) is 3.16. The van der Waals surface area contributed by atoms with Crippen LogP contribution in [0.15, 0.2) is 0 Å². The average molecular weight is 142 g/mol. The van der Waals surface area contributed by atoms with E-state index in [4.69, 9.17) is 0 Å². The Morgan fingerprint density at radius 2 is 2.20 bits per heavy atom. The maximum Gasteiger partial charge on any atom is 0.0189 e. The molecule has 0 radical (unpaired) electrons. The lowest BCUT2D eigenvalue weighted by atomic mass is 10.2. The van der Waals surface area contributed by atoms with Crippen LogP contribution in [0.25, 0.3) is 0 Å². The van der Waals surface area contributed by atoms with Gasteiger partial charge in [-0.2, -0.15) is 0 Å². The van der Waals surface area contributed by atoms with E-state index >= 15 is 0 Å². The zero-order valence-corrected chi connectivity index (χ0v) is 6.98. The summed E-state index contributed by atoms with van der Waals surface area (Å²) in [6, 6.07) is 1.40. The van der Waals surface area contributed by atoms with E-state index < -0.39 is 0 Å². The molecular formula is C8H18N2. The summed E-state index contributed by atoms with van der Waals surface area (Å²) in [6.07, 6.45) is 2.50. The quantitative estimate of drug-likeness (QED) is 0.564. The van der Waals surface area contributed by atoms with Crippen LogP contribution in [-0.4, -0.2) is 25.2 Å². The van der Waals surface area contributed by atoms with Crippen LogP contribution in [0, 0.1) is 0 Å². The van der Waals surface area contributed by atoms with Gasteiger partial charge in [0.2, 0.25) is 0 Å². The van der Waals surface area contributed by atoms with Crippen LogP contribution in [0.2, 0.25) is 0 Å². The summed E-state index contributed by atoms with van der Waals surface area (Å²) in [4.78, 5) is 0. The minimum Gasteiger partial charge on any atom is -0.313 e. The third-order valence-corrected chi connectivity index (χ3v) is 2.22. The van der Waals surface area contributed by atoms with Gasteiger partial charge in [-0.1, -0.05) is 6.92 Å². The summed E-state index contributed by atoms with van der Waals surface area (Å²) >= 11 is 0. The van der Waals surface area contributed by atoms with Gasteiger partial charge in [-0.25, -0.2) is 0 Å². The van der Waals surface area contributed by atoms with E-state index in [0.29, 0.717) is 12.1 Å². The van der Waals surface area contributed by atoms with Crippen molar-refractivity contribution in [3.63, 3.8) is 0 Å². The van der Waals surface area contributed by atoms with Gasteiger partial charge in [-0.15, -0.1) is 0 Å². The SMILES string of the molecule is CCC1CNC(C)CCN1. The molecule has 1 heterocycles. The minimum absolute atomic E-state index is 0.698. The van der Waals surface area contributed by atoms with Gasteiger partial charge in [0, 0.05) is 18.6 Å². The zero-order chi connectivity index (χ0) is 7.40. The van der Waals surface area contributed by atoms with Crippen molar-refractivity contribution in [3.05, 3.63) is 0 Å². The van der Waals surface area contributed by atoms with Crippen molar-refractivity contribution in [1.82, 2.24) is 10.6 Å². The van der Waals surface area contributed by atoms with E-state index in [0.717, 1.165) is 6.54 Å². The van der Waals surface area contributed by atoms with E-state index in [2.05, 4.69) is 24.5 Å². The van der Waals surface area contributed by atoms with E-state index in [1.54, 1.807) is 0 Å². The molecule has 2 nitrogen and oxygen atoms in total. The lowest BCUT2D eigenvalue weighted by molar-refractivity contribution is 0.502. The first-order chi connectivity index (χ1) is 4.83. The maximum atomic E-state index is 3.50. The summed E-state index contributed by atoms with van der Waals surface area (Å²) < 4.78 is 0. The molecule has 0 aromatic rings. The first-order valence-electron chi connectivity index (χ1n) is 4.29. The van der Waals surface area contributed by atoms with Crippen molar-refractivity contribution < 1.29 is 0 Å². The van der Waals surface area contributed by atoms with Crippen LogP contribution in [0.1, 0.15) is 26.7 Å². The Hall–Kier alpha value is -0.0800. The minimum atomic E-state index is 0.698. The normalized spacial score (nSPS) is 35.4. The first kappa shape index (κ1) is 8.02. The fourth-order valence-corrected chi connectivity index (χ4v) is 1.31. The molecule has 1 fully saturated rings. The van der Waals surface area contributed by atoms with E-state index in [9.17, 15) is 0 Å². The van der Waals surface area contributed by atoms with Crippen molar-refractivity contribution in [2.24, 2.45) is 0 Å². The van der Waals surface area contributed by atoms with Crippen molar-refractivity contribution in [2.75, 3.05) is 13.1 Å². The van der Waals surface area contributed by atoms with Gasteiger partial charge < -0.3 is 10.6 Å². The summed E-state index contributed by atoms with van der Waals surface area (Å²) in [5, 5.41) is 6.98. The Morgan fingerprint density at radius 3 is 2.90 bits per heavy atom. The molecule has 60 valence electrons. The monoisotopic (exact) mass is 142 g/mol. The van der Waals surface area contributed by atoms with Crippen molar-refractivity contribution in [3.8, 4) is 0 Å². The van der Waals surface area contributed by atoms with Crippen LogP contribution in [0.5, 0.6) is 0 Å². The third-order valence-electron chi connectivity index (χ3n) is 2.22. The van der Waals surface area contributed by atoms with Crippen LogP contribution in [0.4, 0.5) is 0 Å². The zero-order valence-electron chi connectivity index (χ0n) is 6.98. The van der Waals surface area contributed by atoms with Gasteiger partial charge in [0.05, 0.1) is 0 Å². The van der Waals surface area contributed by atoms with Gasteiger partial charge in [0.25, 0.3) is 0 Å². The van der Waals surface area contributed by atoms with Crippen molar-refractivity contribution in [1.29, 1.82) is 0 Å². The number of hydrogen-bond donors (Lipinski definition) is 2. The predicted octanol–water partition coefficient (Wildman–Crippen LogP) is 0.736. The average Bonchev–Trinajstić information content (AvgIpc) is 2.14. The topological polar surface area (TPSA) is 24.1 Å². The number of rotatable bonds is 1. The molecule has 2 N–H and O–H groups in total. The summed E-state index contributed by atoms with van der Waals surface area (Å²) in [7, 11) is 0. The van der Waals surface area contributed by atoms with Crippen LogP contribution in [0.3, 0.4) is 0 Å². The highest BCUT2D eigenvalue weighted by Gasteiger charge is 2.11. The molecule has 0 bridgehead atoms. The van der Waals surface area contributed by atoms with E-state index in [1.165, 1.54) is 19.4 Å². The Labute approximate surface area is 63.4 Å². The highest BCUT2D eigenvalue weighted by Crippen LogP contribution is 1.98. The maximum absolute atomic E-state index is 3.50. The van der Waals surface area contributed by atoms with Gasteiger partial charge in [-0.3, -0.25) is 0 Å². The molecule has 2 unspecified atom stereocenters. The molecule has 0 aliphatic carbocycles. The summed E-state index contributed by atoms with van der Waals surface area (Å²) in [5.74, 6) is 0. The molecule has 2 atom stereocenters. The lowest BCUT2D eigenvalue weighted by Crippen LogP contribution is -2.35. The van der Waals surface area contributed by atoms with E-state index in [1.807, 2.05) is 0 Å². The fraction of sp³-hybridized carbons (Fsp3) is 1.00. The second kappa shape index (κ2) is 3.94. The smallest absolute Gasteiger partial charge is 0.0189 e. The fourth-order valence-electron chi connectivity index (χ4n) is 1.31. The van der Waals surface area contributed by atoms with Crippen molar-refractivity contribution >= 4 is 0 Å². The second-order valence-electron chi connectivity index (χ2n) is 3.16.